The minimum atomic E-state index is -3.18. The minimum absolute atomic E-state index is 0.0143. The molecule has 4 aromatic heterocycles. The van der Waals surface area contributed by atoms with Crippen LogP contribution in [0, 0.1) is 6.92 Å². The van der Waals surface area contributed by atoms with Crippen molar-refractivity contribution in [3.05, 3.63) is 30.2 Å². The third kappa shape index (κ3) is 4.16. The van der Waals surface area contributed by atoms with Gasteiger partial charge in [0.15, 0.2) is 11.5 Å². The average Bonchev–Trinajstić information content (AvgIpc) is 3.35. The maximum Gasteiger partial charge on any atom is 0.285 e. The lowest BCUT2D eigenvalue weighted by molar-refractivity contribution is -0.140. The van der Waals surface area contributed by atoms with Crippen LogP contribution < -0.4 is 11.1 Å². The third-order valence-corrected chi connectivity index (χ3v) is 6.27. The van der Waals surface area contributed by atoms with Crippen LogP contribution in [0.3, 0.4) is 0 Å². The number of nitrogens with zero attached hydrogens (tertiary/aromatic N) is 7. The van der Waals surface area contributed by atoms with Gasteiger partial charge in [-0.05, 0) is 31.5 Å². The number of carbonyl (C=O) groups is 1. The number of carbonyl (C=O) groups excluding carboxylic acids is 1. The Hall–Kier alpha value is -3.97. The predicted octanol–water partition coefficient (Wildman–Crippen LogP) is 2.96. The molecule has 36 heavy (non-hydrogen) atoms. The topological polar surface area (TPSA) is 119 Å². The summed E-state index contributed by atoms with van der Waals surface area (Å²) in [6, 6.07) is 3.77. The molecule has 1 aliphatic heterocycles. The second-order valence-electron chi connectivity index (χ2n) is 8.73. The zero-order chi connectivity index (χ0) is 25.8. The van der Waals surface area contributed by atoms with Crippen LogP contribution in [0.4, 0.5) is 29.3 Å². The van der Waals surface area contributed by atoms with Gasteiger partial charge in [-0.25, -0.2) is 32.0 Å². The highest BCUT2D eigenvalue weighted by Gasteiger charge is 2.45. The first kappa shape index (κ1) is 23.8. The Labute approximate surface area is 202 Å². The molecule has 0 aromatic carbocycles. The maximum absolute atomic E-state index is 14.6. The fourth-order valence-corrected chi connectivity index (χ4v) is 4.48. The molecule has 190 valence electrons. The number of nitrogens with one attached hydrogen (secondary N) is 1. The number of anilines is 2. The van der Waals surface area contributed by atoms with E-state index in [0.717, 1.165) is 4.90 Å². The third-order valence-electron chi connectivity index (χ3n) is 6.27. The largest absolute Gasteiger partial charge is 0.382 e. The molecular formula is C22H23F4N9O. The van der Waals surface area contributed by atoms with Crippen molar-refractivity contribution in [2.24, 2.45) is 0 Å². The van der Waals surface area contributed by atoms with Crippen molar-refractivity contribution in [3.8, 4) is 11.3 Å². The number of fused-ring (bicyclic) bond motifs is 2. The first-order chi connectivity index (χ1) is 17.0. The SMILES string of the molecule is CC(=O)N1CCC(Nc2nc(N)c3c(-c4ccc5nc(C)n(CC(F)F)c5n4)ccn3n2)C(F)(F)C1. The van der Waals surface area contributed by atoms with E-state index in [1.54, 1.807) is 31.3 Å². The summed E-state index contributed by atoms with van der Waals surface area (Å²) in [6.45, 7) is 1.84. The number of pyridine rings is 1. The van der Waals surface area contributed by atoms with Crippen molar-refractivity contribution in [2.45, 2.75) is 45.2 Å². The Morgan fingerprint density at radius 2 is 2.03 bits per heavy atom. The van der Waals surface area contributed by atoms with E-state index >= 15 is 0 Å². The van der Waals surface area contributed by atoms with Crippen LogP contribution in [0.1, 0.15) is 19.2 Å². The zero-order valence-corrected chi connectivity index (χ0v) is 19.4. The number of aryl methyl sites for hydroxylation is 1. The lowest BCUT2D eigenvalue weighted by Crippen LogP contribution is -2.55. The number of nitrogen functional groups attached to an aromatic ring is 1. The molecule has 0 bridgehead atoms. The van der Waals surface area contributed by atoms with Crippen LogP contribution in [-0.2, 0) is 11.3 Å². The summed E-state index contributed by atoms with van der Waals surface area (Å²) in [4.78, 5) is 25.6. The Bertz CT molecular complexity index is 1470. The Morgan fingerprint density at radius 3 is 2.72 bits per heavy atom. The van der Waals surface area contributed by atoms with E-state index in [4.69, 9.17) is 5.73 Å². The molecule has 0 saturated carbocycles. The molecule has 5 rings (SSSR count). The fourth-order valence-electron chi connectivity index (χ4n) is 4.48. The minimum Gasteiger partial charge on any atom is -0.382 e. The van der Waals surface area contributed by atoms with Gasteiger partial charge in [0, 0.05) is 25.2 Å². The van der Waals surface area contributed by atoms with E-state index in [-0.39, 0.29) is 24.7 Å². The van der Waals surface area contributed by atoms with E-state index < -0.39 is 37.4 Å². The second-order valence-corrected chi connectivity index (χ2v) is 8.73. The smallest absolute Gasteiger partial charge is 0.285 e. The van der Waals surface area contributed by atoms with Crippen molar-refractivity contribution < 1.29 is 22.4 Å². The molecule has 0 radical (unpaired) electrons. The summed E-state index contributed by atoms with van der Waals surface area (Å²) < 4.78 is 58.1. The van der Waals surface area contributed by atoms with Gasteiger partial charge in [0.1, 0.15) is 16.9 Å². The van der Waals surface area contributed by atoms with E-state index in [9.17, 15) is 22.4 Å². The molecule has 1 saturated heterocycles. The quantitative estimate of drug-likeness (QED) is 0.400. The van der Waals surface area contributed by atoms with Crippen molar-refractivity contribution in [1.29, 1.82) is 0 Å². The maximum atomic E-state index is 14.6. The van der Waals surface area contributed by atoms with Gasteiger partial charge in [-0.2, -0.15) is 4.98 Å². The summed E-state index contributed by atoms with van der Waals surface area (Å²) >= 11 is 0. The molecule has 5 heterocycles. The highest BCUT2D eigenvalue weighted by molar-refractivity contribution is 5.88. The number of hydrogen-bond donors (Lipinski definition) is 2. The molecule has 1 unspecified atom stereocenters. The van der Waals surface area contributed by atoms with Gasteiger partial charge in [-0.3, -0.25) is 4.79 Å². The van der Waals surface area contributed by atoms with Crippen LogP contribution in [0.25, 0.3) is 27.9 Å². The molecule has 14 heteroatoms. The molecule has 1 amide bonds. The number of amides is 1. The van der Waals surface area contributed by atoms with Gasteiger partial charge in [0.2, 0.25) is 11.9 Å². The summed E-state index contributed by atoms with van der Waals surface area (Å²) in [5, 5.41) is 6.93. The van der Waals surface area contributed by atoms with E-state index in [2.05, 4.69) is 25.4 Å². The van der Waals surface area contributed by atoms with E-state index in [1.807, 2.05) is 0 Å². The van der Waals surface area contributed by atoms with Crippen LogP contribution >= 0.6 is 0 Å². The average molecular weight is 505 g/mol. The van der Waals surface area contributed by atoms with Crippen molar-refractivity contribution >= 4 is 34.4 Å². The number of hydrogen-bond acceptors (Lipinski definition) is 7. The number of aromatic nitrogens is 6. The van der Waals surface area contributed by atoms with Crippen LogP contribution in [0.15, 0.2) is 24.4 Å². The van der Waals surface area contributed by atoms with Crippen LogP contribution in [-0.4, -0.2) is 71.4 Å². The summed E-state index contributed by atoms with van der Waals surface area (Å²) in [6.07, 6.45) is -0.975. The van der Waals surface area contributed by atoms with E-state index in [0.29, 0.717) is 33.8 Å². The zero-order valence-electron chi connectivity index (χ0n) is 19.4. The van der Waals surface area contributed by atoms with Gasteiger partial charge in [-0.1, -0.05) is 0 Å². The van der Waals surface area contributed by atoms with Crippen LogP contribution in [0.2, 0.25) is 0 Å². The molecule has 1 aliphatic rings. The number of imidazole rings is 1. The second kappa shape index (κ2) is 8.60. The number of halogens is 4. The first-order valence-electron chi connectivity index (χ1n) is 11.2. The van der Waals surface area contributed by atoms with Crippen molar-refractivity contribution in [3.63, 3.8) is 0 Å². The molecule has 0 spiro atoms. The molecule has 1 fully saturated rings. The standard InChI is InChI=1S/C22H23F4N9O/c1-11-28-15-4-3-14(29-20(15)34(11)9-17(23)24)13-5-8-35-18(13)19(27)31-21(32-35)30-16-6-7-33(12(2)36)10-22(16,25)26/h3-5,8,16-17H,6-7,9-10H2,1-2H3,(H3,27,30,31,32). The normalized spacial score (nSPS) is 17.9. The highest BCUT2D eigenvalue weighted by Crippen LogP contribution is 2.32. The van der Waals surface area contributed by atoms with Crippen LogP contribution in [0.5, 0.6) is 0 Å². The predicted molar refractivity (Wildman–Crippen MR) is 124 cm³/mol. The number of piperidine rings is 1. The Kier molecular flexibility index (Phi) is 5.68. The molecule has 4 aromatic rings. The number of alkyl halides is 4. The summed E-state index contributed by atoms with van der Waals surface area (Å²) in [7, 11) is 0. The van der Waals surface area contributed by atoms with Crippen molar-refractivity contribution in [1.82, 2.24) is 34.0 Å². The van der Waals surface area contributed by atoms with Gasteiger partial charge in [-0.15, -0.1) is 5.10 Å². The summed E-state index contributed by atoms with van der Waals surface area (Å²) in [5.74, 6) is -3.24. The molecule has 3 N–H and O–H groups in total. The number of nitrogens with two attached hydrogens (primary N) is 1. The Balaban J connectivity index is 1.47. The number of likely N-dealkylation sites (tertiary alicyclic amines) is 1. The number of rotatable bonds is 5. The Morgan fingerprint density at radius 1 is 1.25 bits per heavy atom. The van der Waals surface area contributed by atoms with Gasteiger partial charge < -0.3 is 20.5 Å². The molecule has 1 atom stereocenters. The summed E-state index contributed by atoms with van der Waals surface area (Å²) in [5.41, 5.74) is 8.36. The van der Waals surface area contributed by atoms with Gasteiger partial charge in [0.25, 0.3) is 12.3 Å². The molecule has 10 nitrogen and oxygen atoms in total. The lowest BCUT2D eigenvalue weighted by Gasteiger charge is -2.38. The van der Waals surface area contributed by atoms with Crippen molar-refractivity contribution in [2.75, 3.05) is 24.1 Å². The van der Waals surface area contributed by atoms with Gasteiger partial charge in [0.05, 0.1) is 24.8 Å². The fraction of sp³-hybridized carbons (Fsp3) is 0.409. The molecular weight excluding hydrogens is 482 g/mol. The lowest BCUT2D eigenvalue weighted by atomic mass is 10.0. The highest BCUT2D eigenvalue weighted by atomic mass is 19.3. The van der Waals surface area contributed by atoms with E-state index in [1.165, 1.54) is 16.0 Å². The van der Waals surface area contributed by atoms with Gasteiger partial charge >= 0.3 is 0 Å². The molecule has 0 aliphatic carbocycles. The monoisotopic (exact) mass is 505 g/mol. The first-order valence-corrected chi connectivity index (χ1v) is 11.2.